The normalized spacial score (nSPS) is 18.3. The summed E-state index contributed by atoms with van der Waals surface area (Å²) in [7, 11) is 0. The van der Waals surface area contributed by atoms with E-state index in [-0.39, 0.29) is 5.56 Å². The van der Waals surface area contributed by atoms with Gasteiger partial charge in [0.15, 0.2) is 17.5 Å². The number of rotatable bonds is 3. The van der Waals surface area contributed by atoms with Gasteiger partial charge in [-0.1, -0.05) is 6.08 Å². The predicted octanol–water partition coefficient (Wildman–Crippen LogP) is 1.94. The smallest absolute Gasteiger partial charge is 0.195 e. The minimum atomic E-state index is -1.57. The third-order valence-corrected chi connectivity index (χ3v) is 3.24. The van der Waals surface area contributed by atoms with Crippen LogP contribution >= 0.6 is 0 Å². The Kier molecular flexibility index (Phi) is 4.11. The maximum atomic E-state index is 13.9. The Labute approximate surface area is 109 Å². The molecule has 1 atom stereocenters. The Morgan fingerprint density at radius 1 is 1.26 bits per heavy atom. The van der Waals surface area contributed by atoms with Crippen LogP contribution in [0.15, 0.2) is 18.7 Å². The van der Waals surface area contributed by atoms with Crippen LogP contribution in [0.5, 0.6) is 5.75 Å². The first-order valence-corrected chi connectivity index (χ1v) is 6.00. The van der Waals surface area contributed by atoms with E-state index in [4.69, 9.17) is 0 Å². The molecular weight excluding hydrogens is 257 g/mol. The number of piperazine rings is 1. The Hall–Kier alpha value is -1.53. The van der Waals surface area contributed by atoms with Gasteiger partial charge in [-0.05, 0) is 0 Å². The molecule has 0 bridgehead atoms. The van der Waals surface area contributed by atoms with Crippen LogP contribution in [0.2, 0.25) is 0 Å². The van der Waals surface area contributed by atoms with Gasteiger partial charge in [-0.2, -0.15) is 0 Å². The average molecular weight is 272 g/mol. The fourth-order valence-corrected chi connectivity index (χ4v) is 2.29. The van der Waals surface area contributed by atoms with Crippen molar-refractivity contribution in [3.05, 3.63) is 41.7 Å². The number of hydrogen-bond donors (Lipinski definition) is 2. The first-order chi connectivity index (χ1) is 9.06. The maximum absolute atomic E-state index is 13.9. The van der Waals surface area contributed by atoms with E-state index in [9.17, 15) is 18.3 Å². The van der Waals surface area contributed by atoms with Crippen molar-refractivity contribution in [3.8, 4) is 5.75 Å². The van der Waals surface area contributed by atoms with Crippen molar-refractivity contribution in [2.24, 2.45) is 0 Å². The maximum Gasteiger partial charge on any atom is 0.195 e. The van der Waals surface area contributed by atoms with Crippen molar-refractivity contribution in [1.82, 2.24) is 10.2 Å². The predicted molar refractivity (Wildman–Crippen MR) is 65.4 cm³/mol. The van der Waals surface area contributed by atoms with Crippen molar-refractivity contribution in [2.45, 2.75) is 6.04 Å². The highest BCUT2D eigenvalue weighted by Gasteiger charge is 2.28. The zero-order chi connectivity index (χ0) is 14.0. The molecule has 0 amide bonds. The topological polar surface area (TPSA) is 35.5 Å². The van der Waals surface area contributed by atoms with Gasteiger partial charge in [0, 0.05) is 32.2 Å². The number of aromatic hydroxyl groups is 1. The van der Waals surface area contributed by atoms with E-state index in [1.165, 1.54) is 6.08 Å². The number of hydrogen-bond acceptors (Lipinski definition) is 3. The van der Waals surface area contributed by atoms with Gasteiger partial charge in [-0.25, -0.2) is 13.2 Å². The van der Waals surface area contributed by atoms with Crippen molar-refractivity contribution in [2.75, 3.05) is 26.2 Å². The molecule has 0 aromatic heterocycles. The van der Waals surface area contributed by atoms with E-state index >= 15 is 0 Å². The first kappa shape index (κ1) is 13.9. The van der Waals surface area contributed by atoms with E-state index in [0.717, 1.165) is 0 Å². The van der Waals surface area contributed by atoms with Gasteiger partial charge in [-0.3, -0.25) is 4.90 Å². The Bertz CT molecular complexity index is 487. The van der Waals surface area contributed by atoms with Crippen LogP contribution in [0.1, 0.15) is 11.6 Å². The fraction of sp³-hybridized carbons (Fsp3) is 0.385. The highest BCUT2D eigenvalue weighted by Crippen LogP contribution is 2.34. The van der Waals surface area contributed by atoms with E-state index in [0.29, 0.717) is 32.2 Å². The number of benzene rings is 1. The summed E-state index contributed by atoms with van der Waals surface area (Å²) in [5.41, 5.74) is -0.268. The van der Waals surface area contributed by atoms with Gasteiger partial charge < -0.3 is 10.4 Å². The van der Waals surface area contributed by atoms with Crippen molar-refractivity contribution in [1.29, 1.82) is 0 Å². The van der Waals surface area contributed by atoms with Crippen LogP contribution < -0.4 is 5.32 Å². The third kappa shape index (κ3) is 2.59. The molecule has 1 fully saturated rings. The van der Waals surface area contributed by atoms with Crippen molar-refractivity contribution in [3.63, 3.8) is 0 Å². The molecule has 1 heterocycles. The molecule has 0 aliphatic carbocycles. The molecule has 1 aromatic carbocycles. The minimum Gasteiger partial charge on any atom is -0.507 e. The second-order valence-electron chi connectivity index (χ2n) is 4.39. The summed E-state index contributed by atoms with van der Waals surface area (Å²) in [5, 5.41) is 12.8. The van der Waals surface area contributed by atoms with Crippen LogP contribution in [0.25, 0.3) is 0 Å². The number of nitrogens with one attached hydrogen (secondary N) is 1. The molecule has 19 heavy (non-hydrogen) atoms. The van der Waals surface area contributed by atoms with Gasteiger partial charge in [0.1, 0.15) is 5.75 Å². The van der Waals surface area contributed by atoms with Gasteiger partial charge in [0.2, 0.25) is 0 Å². The van der Waals surface area contributed by atoms with Crippen LogP contribution in [-0.2, 0) is 0 Å². The lowest BCUT2D eigenvalue weighted by Crippen LogP contribution is -2.44. The summed E-state index contributed by atoms with van der Waals surface area (Å²) < 4.78 is 40.2. The molecule has 0 unspecified atom stereocenters. The fourth-order valence-electron chi connectivity index (χ4n) is 2.29. The van der Waals surface area contributed by atoms with Gasteiger partial charge >= 0.3 is 0 Å². The molecule has 3 nitrogen and oxygen atoms in total. The SMILES string of the molecule is C=C[C@H](c1c(O)cc(F)c(F)c1F)N1CCNCC1. The molecule has 2 N–H and O–H groups in total. The molecule has 6 heteroatoms. The lowest BCUT2D eigenvalue weighted by Gasteiger charge is -2.33. The molecule has 1 aromatic rings. The second-order valence-corrected chi connectivity index (χ2v) is 4.39. The summed E-state index contributed by atoms with van der Waals surface area (Å²) in [6.07, 6.45) is 1.42. The molecule has 0 spiro atoms. The number of phenols is 1. The molecule has 0 saturated carbocycles. The van der Waals surface area contributed by atoms with Crippen LogP contribution in [0.3, 0.4) is 0 Å². The Morgan fingerprint density at radius 2 is 1.89 bits per heavy atom. The zero-order valence-electron chi connectivity index (χ0n) is 10.3. The molecule has 0 radical (unpaired) electrons. The molecule has 1 aliphatic rings. The van der Waals surface area contributed by atoms with E-state index in [2.05, 4.69) is 11.9 Å². The highest BCUT2D eigenvalue weighted by molar-refractivity contribution is 5.39. The average Bonchev–Trinajstić information content (AvgIpc) is 2.42. The monoisotopic (exact) mass is 272 g/mol. The van der Waals surface area contributed by atoms with Crippen molar-refractivity contribution >= 4 is 0 Å². The van der Waals surface area contributed by atoms with Crippen LogP contribution in [-0.4, -0.2) is 36.2 Å². The van der Waals surface area contributed by atoms with Crippen LogP contribution in [0.4, 0.5) is 13.2 Å². The Balaban J connectivity index is 2.43. The summed E-state index contributed by atoms with van der Waals surface area (Å²) in [6.45, 7) is 6.21. The number of phenolic OH excluding ortho intramolecular Hbond substituents is 1. The standard InChI is InChI=1S/C13H15F3N2O/c1-2-9(18-5-3-17-4-6-18)11-10(19)7-8(14)12(15)13(11)16/h2,7,9,17,19H,1,3-6H2/t9-/m1/s1. The summed E-state index contributed by atoms with van der Waals surface area (Å²) in [6, 6.07) is -0.0934. The van der Waals surface area contributed by atoms with Crippen molar-refractivity contribution < 1.29 is 18.3 Å². The number of nitrogens with zero attached hydrogens (tertiary/aromatic N) is 1. The second kappa shape index (κ2) is 5.63. The summed E-state index contributed by atoms with van der Waals surface area (Å²) in [5.74, 6) is -4.93. The van der Waals surface area contributed by atoms with Gasteiger partial charge in [0.25, 0.3) is 0 Å². The quantitative estimate of drug-likeness (QED) is 0.652. The molecule has 1 aliphatic heterocycles. The zero-order valence-corrected chi connectivity index (χ0v) is 10.3. The molecule has 2 rings (SSSR count). The van der Waals surface area contributed by atoms with E-state index in [1.807, 2.05) is 4.90 Å². The largest absolute Gasteiger partial charge is 0.507 e. The highest BCUT2D eigenvalue weighted by atomic mass is 19.2. The van der Waals surface area contributed by atoms with E-state index < -0.39 is 29.2 Å². The van der Waals surface area contributed by atoms with Crippen LogP contribution in [0, 0.1) is 17.5 Å². The van der Waals surface area contributed by atoms with E-state index in [1.54, 1.807) is 0 Å². The summed E-state index contributed by atoms with van der Waals surface area (Å²) >= 11 is 0. The number of halogens is 3. The molecule has 104 valence electrons. The van der Waals surface area contributed by atoms with Gasteiger partial charge in [0.05, 0.1) is 11.6 Å². The minimum absolute atomic E-state index is 0.268. The molecular formula is C13H15F3N2O. The lowest BCUT2D eigenvalue weighted by atomic mass is 10.0. The first-order valence-electron chi connectivity index (χ1n) is 6.00. The third-order valence-electron chi connectivity index (χ3n) is 3.24. The molecule has 1 saturated heterocycles. The Morgan fingerprint density at radius 3 is 2.47 bits per heavy atom. The summed E-state index contributed by atoms with van der Waals surface area (Å²) in [4.78, 5) is 1.85. The van der Waals surface area contributed by atoms with Gasteiger partial charge in [-0.15, -0.1) is 6.58 Å². The lowest BCUT2D eigenvalue weighted by molar-refractivity contribution is 0.196.